The largest absolute Gasteiger partial charge is 0.378 e. The van der Waals surface area contributed by atoms with Gasteiger partial charge in [-0.1, -0.05) is 5.16 Å². The molecule has 4 heterocycles. The third-order valence-corrected chi connectivity index (χ3v) is 4.70. The summed E-state index contributed by atoms with van der Waals surface area (Å²) in [5.41, 5.74) is 2.14. The van der Waals surface area contributed by atoms with E-state index in [-0.39, 0.29) is 5.91 Å². The number of anilines is 2. The van der Waals surface area contributed by atoms with Crippen LogP contribution in [0.3, 0.4) is 0 Å². The normalized spacial score (nSPS) is 17.5. The van der Waals surface area contributed by atoms with Crippen molar-refractivity contribution in [2.24, 2.45) is 0 Å². The number of carbonyl (C=O) groups excluding carboxylic acids is 1. The minimum Gasteiger partial charge on any atom is -0.378 e. The van der Waals surface area contributed by atoms with Gasteiger partial charge in [0.1, 0.15) is 17.1 Å². The molecule has 0 aromatic carbocycles. The van der Waals surface area contributed by atoms with E-state index >= 15 is 0 Å². The molecule has 2 aromatic rings. The lowest BCUT2D eigenvalue weighted by atomic mass is 10.1. The van der Waals surface area contributed by atoms with Crippen LogP contribution in [0.5, 0.6) is 0 Å². The van der Waals surface area contributed by atoms with Crippen molar-refractivity contribution in [2.75, 3.05) is 42.6 Å². The standard InChI is InChI=1S/C17H21N5O3/c1-11-14(12(2)25-20-11)16(23)22-5-3-4-13-10-18-17(19-15(13)22)21-6-8-24-9-7-21/h10H,3-9H2,1-2H3. The zero-order valence-electron chi connectivity index (χ0n) is 14.5. The Morgan fingerprint density at radius 1 is 1.20 bits per heavy atom. The maximum atomic E-state index is 13.1. The van der Waals surface area contributed by atoms with Crippen molar-refractivity contribution in [3.8, 4) is 0 Å². The quantitative estimate of drug-likeness (QED) is 0.817. The molecule has 0 N–H and O–H groups in total. The van der Waals surface area contributed by atoms with Crippen LogP contribution in [0.1, 0.15) is 33.8 Å². The second-order valence-corrected chi connectivity index (χ2v) is 6.38. The van der Waals surface area contributed by atoms with Gasteiger partial charge in [-0.05, 0) is 26.7 Å². The maximum absolute atomic E-state index is 13.1. The molecule has 0 aliphatic carbocycles. The number of fused-ring (bicyclic) bond motifs is 1. The molecular formula is C17H21N5O3. The summed E-state index contributed by atoms with van der Waals surface area (Å²) >= 11 is 0. The van der Waals surface area contributed by atoms with Crippen molar-refractivity contribution in [3.63, 3.8) is 0 Å². The fourth-order valence-electron chi connectivity index (χ4n) is 3.37. The van der Waals surface area contributed by atoms with Crippen LogP contribution < -0.4 is 9.80 Å². The van der Waals surface area contributed by atoms with Crippen LogP contribution in [0.25, 0.3) is 0 Å². The zero-order valence-corrected chi connectivity index (χ0v) is 14.5. The van der Waals surface area contributed by atoms with Gasteiger partial charge < -0.3 is 14.2 Å². The third-order valence-electron chi connectivity index (χ3n) is 4.70. The first kappa shape index (κ1) is 16.0. The van der Waals surface area contributed by atoms with Crippen LogP contribution in [-0.2, 0) is 11.2 Å². The molecule has 0 unspecified atom stereocenters. The summed E-state index contributed by atoms with van der Waals surface area (Å²) in [4.78, 5) is 26.1. The van der Waals surface area contributed by atoms with Crippen molar-refractivity contribution in [3.05, 3.63) is 28.8 Å². The monoisotopic (exact) mass is 343 g/mol. The van der Waals surface area contributed by atoms with Crippen LogP contribution in [0, 0.1) is 13.8 Å². The second-order valence-electron chi connectivity index (χ2n) is 6.38. The Labute approximate surface area is 145 Å². The molecule has 0 bridgehead atoms. The molecule has 0 saturated carbocycles. The number of nitrogens with zero attached hydrogens (tertiary/aromatic N) is 5. The number of hydrogen-bond acceptors (Lipinski definition) is 7. The van der Waals surface area contributed by atoms with Gasteiger partial charge in [-0.25, -0.2) is 4.98 Å². The zero-order chi connectivity index (χ0) is 17.4. The summed E-state index contributed by atoms with van der Waals surface area (Å²) in [5.74, 6) is 1.79. The van der Waals surface area contributed by atoms with E-state index in [4.69, 9.17) is 14.2 Å². The molecule has 8 heteroatoms. The van der Waals surface area contributed by atoms with Crippen molar-refractivity contribution in [2.45, 2.75) is 26.7 Å². The van der Waals surface area contributed by atoms with Crippen molar-refractivity contribution in [1.29, 1.82) is 0 Å². The van der Waals surface area contributed by atoms with E-state index in [1.165, 1.54) is 0 Å². The highest BCUT2D eigenvalue weighted by Crippen LogP contribution is 2.29. The average molecular weight is 343 g/mol. The maximum Gasteiger partial charge on any atom is 0.264 e. The number of rotatable bonds is 2. The molecule has 8 nitrogen and oxygen atoms in total. The molecule has 25 heavy (non-hydrogen) atoms. The van der Waals surface area contributed by atoms with Crippen LogP contribution in [0.15, 0.2) is 10.7 Å². The molecule has 1 amide bonds. The predicted octanol–water partition coefficient (Wildman–Crippen LogP) is 1.51. The summed E-state index contributed by atoms with van der Waals surface area (Å²) in [5, 5.41) is 3.90. The number of aryl methyl sites for hydroxylation is 3. The number of carbonyl (C=O) groups is 1. The lowest BCUT2D eigenvalue weighted by molar-refractivity contribution is 0.0982. The second kappa shape index (κ2) is 6.44. The van der Waals surface area contributed by atoms with Gasteiger partial charge in [-0.2, -0.15) is 4.98 Å². The van der Waals surface area contributed by atoms with E-state index in [2.05, 4.69) is 15.0 Å². The molecule has 2 aliphatic rings. The smallest absolute Gasteiger partial charge is 0.264 e. The van der Waals surface area contributed by atoms with Gasteiger partial charge in [-0.15, -0.1) is 0 Å². The van der Waals surface area contributed by atoms with E-state index in [0.717, 1.165) is 31.5 Å². The fourth-order valence-corrected chi connectivity index (χ4v) is 3.37. The Kier molecular flexibility index (Phi) is 4.12. The van der Waals surface area contributed by atoms with Gasteiger partial charge in [0.05, 0.1) is 18.9 Å². The first-order valence-electron chi connectivity index (χ1n) is 8.58. The third kappa shape index (κ3) is 2.86. The number of hydrogen-bond donors (Lipinski definition) is 0. The van der Waals surface area contributed by atoms with E-state index < -0.39 is 0 Å². The van der Waals surface area contributed by atoms with E-state index in [0.29, 0.717) is 48.5 Å². The average Bonchev–Trinajstić information content (AvgIpc) is 2.99. The summed E-state index contributed by atoms with van der Waals surface area (Å²) in [7, 11) is 0. The Bertz CT molecular complexity index is 778. The van der Waals surface area contributed by atoms with Gasteiger partial charge in [0.2, 0.25) is 5.95 Å². The summed E-state index contributed by atoms with van der Waals surface area (Å²) in [6, 6.07) is 0. The Morgan fingerprint density at radius 2 is 2.00 bits per heavy atom. The highest BCUT2D eigenvalue weighted by Gasteiger charge is 2.30. The molecule has 2 aromatic heterocycles. The van der Waals surface area contributed by atoms with Gasteiger partial charge in [-0.3, -0.25) is 9.69 Å². The molecular weight excluding hydrogens is 322 g/mol. The molecule has 0 spiro atoms. The molecule has 132 valence electrons. The summed E-state index contributed by atoms with van der Waals surface area (Å²) in [6.07, 6.45) is 3.62. The Balaban J connectivity index is 1.69. The highest BCUT2D eigenvalue weighted by molar-refractivity contribution is 6.07. The minimum absolute atomic E-state index is 0.108. The molecule has 0 radical (unpaired) electrons. The topological polar surface area (TPSA) is 84.6 Å². The number of ether oxygens (including phenoxy) is 1. The SMILES string of the molecule is Cc1noc(C)c1C(=O)N1CCCc2cnc(N3CCOCC3)nc21. The van der Waals surface area contributed by atoms with Crippen LogP contribution in [0.4, 0.5) is 11.8 Å². The van der Waals surface area contributed by atoms with Crippen molar-refractivity contribution in [1.82, 2.24) is 15.1 Å². The van der Waals surface area contributed by atoms with E-state index in [9.17, 15) is 4.79 Å². The van der Waals surface area contributed by atoms with Crippen molar-refractivity contribution < 1.29 is 14.1 Å². The number of amides is 1. The van der Waals surface area contributed by atoms with E-state index in [1.807, 2.05) is 6.20 Å². The van der Waals surface area contributed by atoms with Gasteiger partial charge in [0.25, 0.3) is 5.91 Å². The fraction of sp³-hybridized carbons (Fsp3) is 0.529. The summed E-state index contributed by atoms with van der Waals surface area (Å²) < 4.78 is 10.6. The Hall–Kier alpha value is -2.48. The molecule has 2 aliphatic heterocycles. The molecule has 1 saturated heterocycles. The van der Waals surface area contributed by atoms with Gasteiger partial charge in [0.15, 0.2) is 0 Å². The van der Waals surface area contributed by atoms with Crippen LogP contribution >= 0.6 is 0 Å². The summed E-state index contributed by atoms with van der Waals surface area (Å²) in [6.45, 7) is 7.04. The van der Waals surface area contributed by atoms with Gasteiger partial charge >= 0.3 is 0 Å². The number of morpholine rings is 1. The predicted molar refractivity (Wildman–Crippen MR) is 91.0 cm³/mol. The van der Waals surface area contributed by atoms with Crippen LogP contribution in [-0.4, -0.2) is 53.9 Å². The first-order chi connectivity index (χ1) is 12.1. The van der Waals surface area contributed by atoms with Crippen molar-refractivity contribution >= 4 is 17.7 Å². The van der Waals surface area contributed by atoms with Gasteiger partial charge in [0, 0.05) is 31.4 Å². The lowest BCUT2D eigenvalue weighted by Crippen LogP contribution is -2.40. The van der Waals surface area contributed by atoms with Crippen LogP contribution in [0.2, 0.25) is 0 Å². The molecule has 4 rings (SSSR count). The first-order valence-corrected chi connectivity index (χ1v) is 8.58. The van der Waals surface area contributed by atoms with E-state index in [1.54, 1.807) is 18.7 Å². The minimum atomic E-state index is -0.108. The number of aromatic nitrogens is 3. The lowest BCUT2D eigenvalue weighted by Gasteiger charge is -2.31. The molecule has 0 atom stereocenters. The Morgan fingerprint density at radius 3 is 2.72 bits per heavy atom. The molecule has 1 fully saturated rings. The highest BCUT2D eigenvalue weighted by atomic mass is 16.5.